The number of aliphatic hydroxyl groups is 1. The summed E-state index contributed by atoms with van der Waals surface area (Å²) < 4.78 is 0. The molecule has 0 aliphatic carbocycles. The predicted octanol–water partition coefficient (Wildman–Crippen LogP) is 2.61. The van der Waals surface area contributed by atoms with Crippen LogP contribution in [0.3, 0.4) is 0 Å². The summed E-state index contributed by atoms with van der Waals surface area (Å²) in [6.45, 7) is 3.74. The highest BCUT2D eigenvalue weighted by atomic mass is 32.2. The maximum absolute atomic E-state index is 11.9. The first-order valence-corrected chi connectivity index (χ1v) is 6.86. The highest BCUT2D eigenvalue weighted by Crippen LogP contribution is 2.19. The number of hydrogen-bond acceptors (Lipinski definition) is 3. The van der Waals surface area contributed by atoms with Gasteiger partial charge in [0.05, 0.1) is 12.5 Å². The fourth-order valence-electron chi connectivity index (χ4n) is 1.51. The molecule has 4 heteroatoms. The number of benzene rings is 1. The van der Waals surface area contributed by atoms with Crippen molar-refractivity contribution in [2.24, 2.45) is 11.8 Å². The summed E-state index contributed by atoms with van der Waals surface area (Å²) in [5.41, 5.74) is 0.770. The molecule has 1 aromatic carbocycles. The van der Waals surface area contributed by atoms with Gasteiger partial charge >= 0.3 is 0 Å². The quantitative estimate of drug-likeness (QED) is 0.793. The normalized spacial score (nSPS) is 12.5. The number of amides is 1. The van der Waals surface area contributed by atoms with Crippen LogP contribution >= 0.6 is 11.8 Å². The number of thioether (sulfide) groups is 1. The highest BCUT2D eigenvalue weighted by Gasteiger charge is 2.20. The first-order valence-electron chi connectivity index (χ1n) is 5.64. The third-order valence-corrected chi connectivity index (χ3v) is 3.44. The number of nitrogens with one attached hydrogen (secondary N) is 1. The summed E-state index contributed by atoms with van der Waals surface area (Å²) in [6, 6.07) is 7.67. The molecule has 1 unspecified atom stereocenters. The molecular weight excluding hydrogens is 234 g/mol. The van der Waals surface area contributed by atoms with Crippen molar-refractivity contribution in [1.82, 2.24) is 0 Å². The second-order valence-electron chi connectivity index (χ2n) is 4.25. The minimum Gasteiger partial charge on any atom is -0.396 e. The molecule has 1 aromatic rings. The van der Waals surface area contributed by atoms with Gasteiger partial charge in [-0.15, -0.1) is 11.8 Å². The van der Waals surface area contributed by atoms with Crippen molar-refractivity contribution in [1.29, 1.82) is 0 Å². The number of anilines is 1. The van der Waals surface area contributed by atoms with Gasteiger partial charge in [-0.1, -0.05) is 13.8 Å². The smallest absolute Gasteiger partial charge is 0.230 e. The zero-order chi connectivity index (χ0) is 12.8. The number of aliphatic hydroxyl groups excluding tert-OH is 1. The molecule has 1 rings (SSSR count). The van der Waals surface area contributed by atoms with E-state index >= 15 is 0 Å². The molecule has 0 aliphatic heterocycles. The van der Waals surface area contributed by atoms with Crippen molar-refractivity contribution >= 4 is 23.4 Å². The lowest BCUT2D eigenvalue weighted by atomic mass is 9.96. The summed E-state index contributed by atoms with van der Waals surface area (Å²) in [6.07, 6.45) is 2.01. The molecule has 0 spiro atoms. The van der Waals surface area contributed by atoms with Gasteiger partial charge in [0, 0.05) is 10.6 Å². The highest BCUT2D eigenvalue weighted by molar-refractivity contribution is 7.98. The summed E-state index contributed by atoms with van der Waals surface area (Å²) in [7, 11) is 0. The Hall–Kier alpha value is -1.00. The Morgan fingerprint density at radius 3 is 2.35 bits per heavy atom. The fraction of sp³-hybridized carbons (Fsp3) is 0.462. The van der Waals surface area contributed by atoms with E-state index < -0.39 is 0 Å². The van der Waals surface area contributed by atoms with Gasteiger partial charge in [0.1, 0.15) is 0 Å². The molecule has 0 saturated heterocycles. The molecule has 17 heavy (non-hydrogen) atoms. The molecule has 0 bridgehead atoms. The minimum absolute atomic E-state index is 0.119. The van der Waals surface area contributed by atoms with Gasteiger partial charge in [-0.25, -0.2) is 0 Å². The van der Waals surface area contributed by atoms with Crippen molar-refractivity contribution in [2.45, 2.75) is 18.7 Å². The summed E-state index contributed by atoms with van der Waals surface area (Å²) >= 11 is 1.66. The van der Waals surface area contributed by atoms with Crippen molar-refractivity contribution in [2.75, 3.05) is 18.2 Å². The second-order valence-corrected chi connectivity index (χ2v) is 5.13. The molecule has 0 saturated carbocycles. The van der Waals surface area contributed by atoms with E-state index in [9.17, 15) is 4.79 Å². The third kappa shape index (κ3) is 4.06. The SMILES string of the molecule is CSc1ccc(NC(=O)C(CO)C(C)C)cc1. The van der Waals surface area contributed by atoms with Crippen LogP contribution in [0.25, 0.3) is 0 Å². The van der Waals surface area contributed by atoms with Gasteiger partial charge in [0.15, 0.2) is 0 Å². The van der Waals surface area contributed by atoms with Crippen LogP contribution in [-0.2, 0) is 4.79 Å². The van der Waals surface area contributed by atoms with Crippen LogP contribution in [0.15, 0.2) is 29.2 Å². The lowest BCUT2D eigenvalue weighted by molar-refractivity contribution is -0.122. The molecule has 2 N–H and O–H groups in total. The summed E-state index contributed by atoms with van der Waals surface area (Å²) in [5.74, 6) is -0.347. The molecule has 0 aromatic heterocycles. The van der Waals surface area contributed by atoms with Gasteiger partial charge in [-0.05, 0) is 36.4 Å². The molecule has 0 radical (unpaired) electrons. The summed E-state index contributed by atoms with van der Waals surface area (Å²) in [4.78, 5) is 13.0. The Balaban J connectivity index is 2.66. The van der Waals surface area contributed by atoms with E-state index in [2.05, 4.69) is 5.32 Å². The second kappa shape index (κ2) is 6.67. The first kappa shape index (κ1) is 14.1. The molecule has 3 nitrogen and oxygen atoms in total. The Kier molecular flexibility index (Phi) is 5.51. The number of carbonyl (C=O) groups is 1. The number of carbonyl (C=O) groups excluding carboxylic acids is 1. The van der Waals surface area contributed by atoms with Crippen LogP contribution < -0.4 is 5.32 Å². The van der Waals surface area contributed by atoms with E-state index in [-0.39, 0.29) is 24.3 Å². The fourth-order valence-corrected chi connectivity index (χ4v) is 1.91. The van der Waals surface area contributed by atoms with Crippen LogP contribution in [0, 0.1) is 11.8 Å². The topological polar surface area (TPSA) is 49.3 Å². The molecule has 0 aliphatic rings. The molecular formula is C13H19NO2S. The standard InChI is InChI=1S/C13H19NO2S/c1-9(2)12(8-15)13(16)14-10-4-6-11(17-3)7-5-10/h4-7,9,12,15H,8H2,1-3H3,(H,14,16). The Labute approximate surface area is 107 Å². The Bertz CT molecular complexity index is 362. The van der Waals surface area contributed by atoms with Crippen molar-refractivity contribution in [3.8, 4) is 0 Å². The van der Waals surface area contributed by atoms with Gasteiger partial charge in [0.25, 0.3) is 0 Å². The average molecular weight is 253 g/mol. The van der Waals surface area contributed by atoms with Crippen molar-refractivity contribution in [3.63, 3.8) is 0 Å². The third-order valence-electron chi connectivity index (χ3n) is 2.70. The van der Waals surface area contributed by atoms with Gasteiger partial charge < -0.3 is 10.4 Å². The minimum atomic E-state index is -0.352. The Morgan fingerprint density at radius 1 is 1.35 bits per heavy atom. The lowest BCUT2D eigenvalue weighted by Gasteiger charge is -2.17. The monoisotopic (exact) mass is 253 g/mol. The molecule has 0 heterocycles. The van der Waals surface area contributed by atoms with Gasteiger partial charge in [0.2, 0.25) is 5.91 Å². The van der Waals surface area contributed by atoms with E-state index in [0.717, 1.165) is 10.6 Å². The van der Waals surface area contributed by atoms with Crippen LogP contribution in [0.1, 0.15) is 13.8 Å². The maximum atomic E-state index is 11.9. The zero-order valence-electron chi connectivity index (χ0n) is 10.4. The molecule has 0 fully saturated rings. The van der Waals surface area contributed by atoms with Crippen molar-refractivity contribution < 1.29 is 9.90 Å². The Morgan fingerprint density at radius 2 is 1.94 bits per heavy atom. The van der Waals surface area contributed by atoms with Crippen LogP contribution in [-0.4, -0.2) is 23.9 Å². The van der Waals surface area contributed by atoms with Crippen molar-refractivity contribution in [3.05, 3.63) is 24.3 Å². The first-order chi connectivity index (χ1) is 8.08. The van der Waals surface area contributed by atoms with Gasteiger partial charge in [-0.3, -0.25) is 4.79 Å². The lowest BCUT2D eigenvalue weighted by Crippen LogP contribution is -2.29. The van der Waals surface area contributed by atoms with Gasteiger partial charge in [-0.2, -0.15) is 0 Å². The van der Waals surface area contributed by atoms with E-state index in [1.165, 1.54) is 0 Å². The largest absolute Gasteiger partial charge is 0.396 e. The zero-order valence-corrected chi connectivity index (χ0v) is 11.3. The van der Waals surface area contributed by atoms with Crippen LogP contribution in [0.5, 0.6) is 0 Å². The van der Waals surface area contributed by atoms with E-state index in [1.807, 2.05) is 44.4 Å². The summed E-state index contributed by atoms with van der Waals surface area (Å²) in [5, 5.41) is 12.0. The van der Waals surface area contributed by atoms with E-state index in [1.54, 1.807) is 11.8 Å². The van der Waals surface area contributed by atoms with Crippen LogP contribution in [0.2, 0.25) is 0 Å². The maximum Gasteiger partial charge on any atom is 0.230 e. The molecule has 1 atom stereocenters. The van der Waals surface area contributed by atoms with Crippen LogP contribution in [0.4, 0.5) is 5.69 Å². The number of rotatable bonds is 5. The van der Waals surface area contributed by atoms with E-state index in [4.69, 9.17) is 5.11 Å². The predicted molar refractivity (Wildman–Crippen MR) is 72.3 cm³/mol. The number of hydrogen-bond donors (Lipinski definition) is 2. The molecule has 94 valence electrons. The molecule has 1 amide bonds. The average Bonchev–Trinajstić information content (AvgIpc) is 2.30. The van der Waals surface area contributed by atoms with E-state index in [0.29, 0.717) is 0 Å².